The number of hydrogen-bond acceptors (Lipinski definition) is 8. The van der Waals surface area contributed by atoms with Crippen molar-refractivity contribution in [2.24, 2.45) is 0 Å². The summed E-state index contributed by atoms with van der Waals surface area (Å²) in [6, 6.07) is -0.120. The Labute approximate surface area is 218 Å². The molecule has 0 saturated carbocycles. The number of nitrogens with zero attached hydrogens (tertiary/aromatic N) is 4. The van der Waals surface area contributed by atoms with Gasteiger partial charge in [0.05, 0.1) is 30.1 Å². The SMILES string of the molecule is C[C@@H](COCC(=O)N(C)C1CCN2c3ncc(C(F)(F)F)cc3OCC2C1)Nc1cn[nH]c(=O)c1C(F)(F)F. The number of hydrogen-bond donors (Lipinski definition) is 2. The number of ether oxygens (including phenoxy) is 2. The van der Waals surface area contributed by atoms with Gasteiger partial charge in [0, 0.05) is 31.9 Å². The molecule has 4 rings (SSSR count). The molecular formula is C23H26F6N6O4. The molecule has 10 nitrogen and oxygen atoms in total. The van der Waals surface area contributed by atoms with Crippen molar-refractivity contribution in [2.75, 3.05) is 43.6 Å². The smallest absolute Gasteiger partial charge is 0.423 e. The van der Waals surface area contributed by atoms with Crippen LogP contribution in [-0.4, -0.2) is 77.5 Å². The number of anilines is 2. The number of amides is 1. The highest BCUT2D eigenvalue weighted by Crippen LogP contribution is 2.40. The molecule has 0 aromatic carbocycles. The Morgan fingerprint density at radius 1 is 1.28 bits per heavy atom. The topological polar surface area (TPSA) is 113 Å². The fourth-order valence-electron chi connectivity index (χ4n) is 4.64. The average Bonchev–Trinajstić information content (AvgIpc) is 2.86. The molecule has 0 aliphatic carbocycles. The van der Waals surface area contributed by atoms with Crippen molar-refractivity contribution in [3.05, 3.63) is 39.9 Å². The Hall–Kier alpha value is -3.56. The van der Waals surface area contributed by atoms with Crippen molar-refractivity contribution in [2.45, 2.75) is 50.2 Å². The molecule has 2 aliphatic heterocycles. The molecule has 16 heteroatoms. The molecule has 1 amide bonds. The molecule has 2 aromatic heterocycles. The lowest BCUT2D eigenvalue weighted by Crippen LogP contribution is -2.54. The molecule has 1 fully saturated rings. The molecule has 3 atom stereocenters. The van der Waals surface area contributed by atoms with Crippen LogP contribution in [0.1, 0.15) is 30.9 Å². The molecule has 0 bridgehead atoms. The van der Waals surface area contributed by atoms with Crippen molar-refractivity contribution < 1.29 is 40.6 Å². The highest BCUT2D eigenvalue weighted by molar-refractivity contribution is 5.77. The number of carbonyl (C=O) groups excluding carboxylic acids is 1. The van der Waals surface area contributed by atoms with Gasteiger partial charge in [-0.05, 0) is 25.8 Å². The molecule has 2 N–H and O–H groups in total. The van der Waals surface area contributed by atoms with Gasteiger partial charge in [-0.25, -0.2) is 10.1 Å². The van der Waals surface area contributed by atoms with Gasteiger partial charge in [0.15, 0.2) is 11.6 Å². The number of carbonyl (C=O) groups is 1. The van der Waals surface area contributed by atoms with Crippen LogP contribution in [0.5, 0.6) is 5.75 Å². The molecule has 39 heavy (non-hydrogen) atoms. The first kappa shape index (κ1) is 28.4. The summed E-state index contributed by atoms with van der Waals surface area (Å²) in [6.07, 6.45) is -6.76. The number of rotatable bonds is 7. The summed E-state index contributed by atoms with van der Waals surface area (Å²) >= 11 is 0. The first-order valence-corrected chi connectivity index (χ1v) is 12.0. The maximum absolute atomic E-state index is 13.2. The van der Waals surface area contributed by atoms with E-state index in [0.29, 0.717) is 25.2 Å². The first-order chi connectivity index (χ1) is 18.3. The Kier molecular flexibility index (Phi) is 7.95. The summed E-state index contributed by atoms with van der Waals surface area (Å²) in [5.74, 6) is 0.0543. The van der Waals surface area contributed by atoms with Crippen LogP contribution in [0.3, 0.4) is 0 Å². The van der Waals surface area contributed by atoms with Crippen molar-refractivity contribution in [3.8, 4) is 5.75 Å². The van der Waals surface area contributed by atoms with E-state index in [4.69, 9.17) is 9.47 Å². The zero-order valence-electron chi connectivity index (χ0n) is 20.9. The summed E-state index contributed by atoms with van der Waals surface area (Å²) in [5.41, 5.74) is -4.17. The zero-order valence-corrected chi connectivity index (χ0v) is 20.9. The second-order valence-electron chi connectivity index (χ2n) is 9.43. The number of likely N-dealkylation sites (N-methyl/N-ethyl adjacent to an activating group) is 1. The number of fused-ring (bicyclic) bond motifs is 3. The molecule has 0 spiro atoms. The lowest BCUT2D eigenvalue weighted by molar-refractivity contribution is -0.138. The van der Waals surface area contributed by atoms with E-state index in [0.717, 1.165) is 18.5 Å². The van der Waals surface area contributed by atoms with Crippen molar-refractivity contribution in [3.63, 3.8) is 0 Å². The van der Waals surface area contributed by atoms with E-state index in [2.05, 4.69) is 15.4 Å². The van der Waals surface area contributed by atoms with E-state index in [1.807, 2.05) is 4.90 Å². The Morgan fingerprint density at radius 3 is 2.72 bits per heavy atom. The number of aromatic nitrogens is 3. The summed E-state index contributed by atoms with van der Waals surface area (Å²) in [7, 11) is 1.61. The van der Waals surface area contributed by atoms with Gasteiger partial charge in [0.25, 0.3) is 5.56 Å². The summed E-state index contributed by atoms with van der Waals surface area (Å²) in [5, 5.41) is 7.67. The van der Waals surface area contributed by atoms with Crippen molar-refractivity contribution >= 4 is 17.4 Å². The summed E-state index contributed by atoms with van der Waals surface area (Å²) in [4.78, 5) is 31.7. The number of piperidine rings is 1. The summed E-state index contributed by atoms with van der Waals surface area (Å²) in [6.45, 7) is 1.67. The lowest BCUT2D eigenvalue weighted by atomic mass is 9.95. The van der Waals surface area contributed by atoms with Gasteiger partial charge in [-0.3, -0.25) is 9.59 Å². The maximum Gasteiger partial charge on any atom is 0.423 e. The van der Waals surface area contributed by atoms with E-state index < -0.39 is 40.8 Å². The van der Waals surface area contributed by atoms with Gasteiger partial charge in [-0.15, -0.1) is 0 Å². The molecule has 1 saturated heterocycles. The number of nitrogens with one attached hydrogen (secondary N) is 2. The van der Waals surface area contributed by atoms with Crippen LogP contribution >= 0.6 is 0 Å². The van der Waals surface area contributed by atoms with E-state index in [-0.39, 0.29) is 43.6 Å². The zero-order chi connectivity index (χ0) is 28.5. The van der Waals surface area contributed by atoms with Crippen LogP contribution in [0.15, 0.2) is 23.3 Å². The average molecular weight is 564 g/mol. The summed E-state index contributed by atoms with van der Waals surface area (Å²) < 4.78 is 89.5. The minimum atomic E-state index is -4.89. The Morgan fingerprint density at radius 2 is 2.03 bits per heavy atom. The first-order valence-electron chi connectivity index (χ1n) is 12.0. The monoisotopic (exact) mass is 564 g/mol. The molecule has 2 aromatic rings. The van der Waals surface area contributed by atoms with Gasteiger partial charge in [-0.2, -0.15) is 31.4 Å². The Bertz CT molecular complexity index is 1250. The number of pyridine rings is 1. The highest BCUT2D eigenvalue weighted by atomic mass is 19.4. The predicted octanol–water partition coefficient (Wildman–Crippen LogP) is 2.91. The number of alkyl halides is 6. The predicted molar refractivity (Wildman–Crippen MR) is 125 cm³/mol. The number of aromatic amines is 1. The van der Waals surface area contributed by atoms with Crippen LogP contribution < -0.4 is 20.5 Å². The van der Waals surface area contributed by atoms with Crippen LogP contribution in [0, 0.1) is 0 Å². The lowest BCUT2D eigenvalue weighted by Gasteiger charge is -2.45. The van der Waals surface area contributed by atoms with Gasteiger partial charge in [0.1, 0.15) is 18.8 Å². The van der Waals surface area contributed by atoms with Gasteiger partial charge in [-0.1, -0.05) is 0 Å². The van der Waals surface area contributed by atoms with Crippen molar-refractivity contribution in [1.29, 1.82) is 0 Å². The second kappa shape index (κ2) is 10.9. The molecule has 2 aliphatic rings. The fourth-order valence-corrected chi connectivity index (χ4v) is 4.64. The minimum absolute atomic E-state index is 0.0679. The van der Waals surface area contributed by atoms with E-state index in [1.54, 1.807) is 12.1 Å². The number of halogens is 6. The van der Waals surface area contributed by atoms with Crippen LogP contribution in [0.4, 0.5) is 37.8 Å². The quantitative estimate of drug-likeness (QED) is 0.494. The third kappa shape index (κ3) is 6.37. The Balaban J connectivity index is 1.28. The minimum Gasteiger partial charge on any atom is -0.488 e. The van der Waals surface area contributed by atoms with E-state index in [1.165, 1.54) is 11.8 Å². The van der Waals surface area contributed by atoms with E-state index >= 15 is 0 Å². The molecule has 2 unspecified atom stereocenters. The number of H-pyrrole nitrogens is 1. The molecule has 0 radical (unpaired) electrons. The van der Waals surface area contributed by atoms with Crippen LogP contribution in [0.2, 0.25) is 0 Å². The standard InChI is InChI=1S/C23H26F6N6O4/c1-12(32-16-8-31-33-21(37)19(16)23(27,28)29)9-38-11-18(36)34(2)14-3-4-35-15(6-14)10-39-17-5-13(22(24,25)26)7-30-20(17)35/h5,7-8,12,14-15H,3-4,6,9-11H2,1-2H3,(H2,32,33,37)/t12-,14?,15?/m0/s1. The second-order valence-corrected chi connectivity index (χ2v) is 9.43. The van der Waals surface area contributed by atoms with Gasteiger partial charge in [0.2, 0.25) is 5.91 Å². The van der Waals surface area contributed by atoms with Crippen LogP contribution in [0.25, 0.3) is 0 Å². The fraction of sp³-hybridized carbons (Fsp3) is 0.565. The molecular weight excluding hydrogens is 538 g/mol. The normalized spacial score (nSPS) is 19.9. The molecule has 214 valence electrons. The van der Waals surface area contributed by atoms with Gasteiger partial charge < -0.3 is 24.6 Å². The van der Waals surface area contributed by atoms with Crippen molar-refractivity contribution in [1.82, 2.24) is 20.1 Å². The largest absolute Gasteiger partial charge is 0.488 e. The molecule has 4 heterocycles. The van der Waals surface area contributed by atoms with E-state index in [9.17, 15) is 35.9 Å². The van der Waals surface area contributed by atoms with Crippen LogP contribution in [-0.2, 0) is 21.9 Å². The highest BCUT2D eigenvalue weighted by Gasteiger charge is 2.40. The maximum atomic E-state index is 13.2. The van der Waals surface area contributed by atoms with Gasteiger partial charge >= 0.3 is 12.4 Å². The third-order valence-electron chi connectivity index (χ3n) is 6.63. The third-order valence-corrected chi connectivity index (χ3v) is 6.63.